The molecule has 1 aromatic heterocycles. The maximum atomic E-state index is 11.9. The monoisotopic (exact) mass is 285 g/mol. The lowest BCUT2D eigenvalue weighted by molar-refractivity contribution is -0.112. The number of amides is 1. The molecule has 2 aromatic rings. The van der Waals surface area contributed by atoms with Gasteiger partial charge in [0.2, 0.25) is 0 Å². The second kappa shape index (κ2) is 6.50. The summed E-state index contributed by atoms with van der Waals surface area (Å²) < 4.78 is 5.05. The maximum Gasteiger partial charge on any atom is 0.268 e. The lowest BCUT2D eigenvalue weighted by Gasteiger charge is -2.01. The van der Waals surface area contributed by atoms with Gasteiger partial charge < -0.3 is 4.74 Å². The number of hydrogen-bond acceptors (Lipinski definition) is 5. The van der Waals surface area contributed by atoms with Crippen molar-refractivity contribution in [1.29, 1.82) is 5.26 Å². The highest BCUT2D eigenvalue weighted by atomic mass is 32.1. The molecule has 0 aliphatic rings. The average molecular weight is 285 g/mol. The number of anilines is 1. The molecule has 5 nitrogen and oxygen atoms in total. The Bertz CT molecular complexity index is 655. The van der Waals surface area contributed by atoms with Gasteiger partial charge >= 0.3 is 0 Å². The third kappa shape index (κ3) is 3.43. The van der Waals surface area contributed by atoms with Crippen LogP contribution in [0.25, 0.3) is 6.08 Å². The zero-order valence-corrected chi connectivity index (χ0v) is 11.5. The van der Waals surface area contributed by atoms with E-state index in [9.17, 15) is 4.79 Å². The third-order valence-corrected chi connectivity index (χ3v) is 3.13. The van der Waals surface area contributed by atoms with Gasteiger partial charge in [0.05, 0.1) is 7.11 Å². The molecule has 1 aromatic carbocycles. The molecule has 100 valence electrons. The molecule has 0 saturated carbocycles. The Morgan fingerprint density at radius 3 is 2.75 bits per heavy atom. The Morgan fingerprint density at radius 2 is 2.20 bits per heavy atom. The van der Waals surface area contributed by atoms with E-state index >= 15 is 0 Å². The van der Waals surface area contributed by atoms with E-state index in [0.29, 0.717) is 10.9 Å². The lowest BCUT2D eigenvalue weighted by Crippen LogP contribution is -2.13. The lowest BCUT2D eigenvalue weighted by atomic mass is 10.1. The molecule has 1 heterocycles. The number of ether oxygens (including phenoxy) is 1. The number of nitrogens with one attached hydrogen (secondary N) is 1. The topological polar surface area (TPSA) is 75.0 Å². The van der Waals surface area contributed by atoms with Crippen molar-refractivity contribution in [2.45, 2.75) is 0 Å². The summed E-state index contributed by atoms with van der Waals surface area (Å²) in [6.07, 6.45) is 3.10. The SMILES string of the molecule is COc1ccc(C=C(C#N)C(=O)Nc2nccs2)cc1. The zero-order chi connectivity index (χ0) is 14.4. The smallest absolute Gasteiger partial charge is 0.268 e. The van der Waals surface area contributed by atoms with Gasteiger partial charge in [-0.25, -0.2) is 4.98 Å². The summed E-state index contributed by atoms with van der Waals surface area (Å²) in [5, 5.41) is 13.8. The highest BCUT2D eigenvalue weighted by Gasteiger charge is 2.10. The highest BCUT2D eigenvalue weighted by Crippen LogP contribution is 2.16. The molecular formula is C14H11N3O2S. The third-order valence-electron chi connectivity index (χ3n) is 2.44. The molecule has 0 saturated heterocycles. The van der Waals surface area contributed by atoms with Crippen LogP contribution in [0, 0.1) is 11.3 Å². The number of rotatable bonds is 4. The van der Waals surface area contributed by atoms with E-state index < -0.39 is 5.91 Å². The first-order chi connectivity index (χ1) is 9.72. The van der Waals surface area contributed by atoms with E-state index in [1.54, 1.807) is 43.0 Å². The van der Waals surface area contributed by atoms with Crippen molar-refractivity contribution >= 4 is 28.5 Å². The molecule has 1 N–H and O–H groups in total. The van der Waals surface area contributed by atoms with Crippen molar-refractivity contribution in [2.75, 3.05) is 12.4 Å². The van der Waals surface area contributed by atoms with Crippen molar-refractivity contribution in [2.24, 2.45) is 0 Å². The predicted octanol–water partition coefficient (Wildman–Crippen LogP) is 2.70. The second-order valence-corrected chi connectivity index (χ2v) is 4.63. The number of thiazole rings is 1. The minimum absolute atomic E-state index is 0.0189. The number of benzene rings is 1. The van der Waals surface area contributed by atoms with Crippen molar-refractivity contribution in [3.63, 3.8) is 0 Å². The van der Waals surface area contributed by atoms with Crippen molar-refractivity contribution in [3.8, 4) is 11.8 Å². The van der Waals surface area contributed by atoms with E-state index in [1.165, 1.54) is 17.4 Å². The standard InChI is InChI=1S/C14H11N3O2S/c1-19-12-4-2-10(3-5-12)8-11(9-15)13(18)17-14-16-6-7-20-14/h2-8H,1H3,(H,16,17,18). The van der Waals surface area contributed by atoms with E-state index in [1.807, 2.05) is 6.07 Å². The number of carbonyl (C=O) groups is 1. The maximum absolute atomic E-state index is 11.9. The normalized spacial score (nSPS) is 10.7. The Morgan fingerprint density at radius 1 is 1.45 bits per heavy atom. The van der Waals surface area contributed by atoms with Crippen molar-refractivity contribution < 1.29 is 9.53 Å². The van der Waals surface area contributed by atoms with Crippen LogP contribution in [0.5, 0.6) is 5.75 Å². The summed E-state index contributed by atoms with van der Waals surface area (Å²) in [5.41, 5.74) is 0.766. The number of carbonyl (C=O) groups excluding carboxylic acids is 1. The summed E-state index contributed by atoms with van der Waals surface area (Å²) in [4.78, 5) is 15.8. The first-order valence-corrected chi connectivity index (χ1v) is 6.57. The van der Waals surface area contributed by atoms with Crippen molar-refractivity contribution in [1.82, 2.24) is 4.98 Å². The zero-order valence-electron chi connectivity index (χ0n) is 10.7. The fraction of sp³-hybridized carbons (Fsp3) is 0.0714. The van der Waals surface area contributed by atoms with E-state index in [-0.39, 0.29) is 5.57 Å². The second-order valence-electron chi connectivity index (χ2n) is 3.73. The summed E-state index contributed by atoms with van der Waals surface area (Å²) in [6, 6.07) is 8.95. The van der Waals surface area contributed by atoms with Crippen LogP contribution in [0.4, 0.5) is 5.13 Å². The Kier molecular flexibility index (Phi) is 4.47. The minimum Gasteiger partial charge on any atom is -0.497 e. The quantitative estimate of drug-likeness (QED) is 0.692. The largest absolute Gasteiger partial charge is 0.497 e. The fourth-order valence-corrected chi connectivity index (χ4v) is 1.99. The molecule has 20 heavy (non-hydrogen) atoms. The van der Waals surface area contributed by atoms with Gasteiger partial charge in [0.25, 0.3) is 5.91 Å². The first kappa shape index (κ1) is 13.8. The summed E-state index contributed by atoms with van der Waals surface area (Å²) in [6.45, 7) is 0. The molecule has 0 aliphatic carbocycles. The molecule has 2 rings (SSSR count). The summed E-state index contributed by atoms with van der Waals surface area (Å²) in [5.74, 6) is 0.242. The molecule has 0 bridgehead atoms. The fourth-order valence-electron chi connectivity index (χ4n) is 1.47. The van der Waals surface area contributed by atoms with E-state index in [4.69, 9.17) is 10.00 Å². The van der Waals surface area contributed by atoms with Gasteiger partial charge in [-0.05, 0) is 23.8 Å². The Balaban J connectivity index is 2.16. The van der Waals surface area contributed by atoms with Crippen molar-refractivity contribution in [3.05, 3.63) is 47.0 Å². The van der Waals surface area contributed by atoms with E-state index in [2.05, 4.69) is 10.3 Å². The van der Waals surface area contributed by atoms with Gasteiger partial charge in [-0.1, -0.05) is 12.1 Å². The summed E-state index contributed by atoms with van der Waals surface area (Å²) >= 11 is 1.29. The number of hydrogen-bond donors (Lipinski definition) is 1. The summed E-state index contributed by atoms with van der Waals surface area (Å²) in [7, 11) is 1.58. The molecule has 6 heteroatoms. The van der Waals surface area contributed by atoms with E-state index in [0.717, 1.165) is 5.56 Å². The Hall–Kier alpha value is -2.65. The highest BCUT2D eigenvalue weighted by molar-refractivity contribution is 7.13. The van der Waals surface area contributed by atoms with Crippen LogP contribution in [0.2, 0.25) is 0 Å². The van der Waals surface area contributed by atoms with Crippen LogP contribution in [-0.4, -0.2) is 18.0 Å². The average Bonchev–Trinajstić information content (AvgIpc) is 2.98. The van der Waals surface area contributed by atoms with Gasteiger partial charge in [0.1, 0.15) is 17.4 Å². The molecule has 1 amide bonds. The molecule has 0 spiro atoms. The van der Waals surface area contributed by atoms with Gasteiger partial charge in [-0.2, -0.15) is 5.26 Å². The van der Waals surface area contributed by atoms with Gasteiger partial charge in [-0.15, -0.1) is 11.3 Å². The molecule has 0 radical (unpaired) electrons. The molecular weight excluding hydrogens is 274 g/mol. The number of aromatic nitrogens is 1. The van der Waals surface area contributed by atoms with Gasteiger partial charge in [0.15, 0.2) is 5.13 Å². The molecule has 0 fully saturated rings. The van der Waals surface area contributed by atoms with Gasteiger partial charge in [0, 0.05) is 11.6 Å². The van der Waals surface area contributed by atoms with Crippen LogP contribution in [-0.2, 0) is 4.79 Å². The minimum atomic E-state index is -0.474. The first-order valence-electron chi connectivity index (χ1n) is 5.69. The number of methoxy groups -OCH3 is 1. The number of nitriles is 1. The van der Waals surface area contributed by atoms with Crippen LogP contribution in [0.15, 0.2) is 41.4 Å². The number of nitrogens with zero attached hydrogens (tertiary/aromatic N) is 2. The van der Waals surface area contributed by atoms with Gasteiger partial charge in [-0.3, -0.25) is 10.1 Å². The Labute approximate surface area is 120 Å². The molecule has 0 unspecified atom stereocenters. The predicted molar refractivity (Wildman–Crippen MR) is 77.3 cm³/mol. The van der Waals surface area contributed by atoms with Crippen LogP contribution in [0.3, 0.4) is 0 Å². The van der Waals surface area contributed by atoms with Crippen LogP contribution >= 0.6 is 11.3 Å². The van der Waals surface area contributed by atoms with Crippen LogP contribution < -0.4 is 10.1 Å². The molecule has 0 atom stereocenters. The van der Waals surface area contributed by atoms with Crippen LogP contribution in [0.1, 0.15) is 5.56 Å². The molecule has 0 aliphatic heterocycles.